The van der Waals surface area contributed by atoms with E-state index in [2.05, 4.69) is 15.3 Å². The fourth-order valence-corrected chi connectivity index (χ4v) is 4.77. The fourth-order valence-electron chi connectivity index (χ4n) is 3.77. The highest BCUT2D eigenvalue weighted by atomic mass is 32.1. The van der Waals surface area contributed by atoms with Crippen LogP contribution >= 0.6 is 11.3 Å². The first-order chi connectivity index (χ1) is 14.5. The van der Waals surface area contributed by atoms with Crippen LogP contribution in [0.4, 0.5) is 9.52 Å². The van der Waals surface area contributed by atoms with E-state index in [1.165, 1.54) is 23.5 Å². The monoisotopic (exact) mass is 428 g/mol. The molecule has 0 spiro atoms. The number of carbonyl (C=O) groups is 1. The quantitative estimate of drug-likeness (QED) is 0.620. The number of halogens is 1. The Bertz CT molecular complexity index is 1030. The Morgan fingerprint density at radius 3 is 3.10 bits per heavy atom. The molecule has 158 valence electrons. The van der Waals surface area contributed by atoms with Crippen LogP contribution < -0.4 is 5.32 Å². The van der Waals surface area contributed by atoms with Crippen LogP contribution in [0.3, 0.4) is 0 Å². The highest BCUT2D eigenvalue weighted by molar-refractivity contribution is 7.17. The molecule has 1 amide bonds. The predicted octanol–water partition coefficient (Wildman–Crippen LogP) is 4.62. The highest BCUT2D eigenvalue weighted by Gasteiger charge is 2.30. The number of aromatic nitrogens is 2. The van der Waals surface area contributed by atoms with E-state index in [0.717, 1.165) is 42.3 Å². The maximum atomic E-state index is 13.4. The van der Waals surface area contributed by atoms with Gasteiger partial charge in [0.15, 0.2) is 11.0 Å². The molecule has 1 N–H and O–H groups in total. The topological polar surface area (TPSA) is 71.3 Å². The van der Waals surface area contributed by atoms with E-state index >= 15 is 0 Å². The molecule has 0 saturated carbocycles. The number of amides is 1. The van der Waals surface area contributed by atoms with Crippen molar-refractivity contribution in [3.8, 4) is 0 Å². The van der Waals surface area contributed by atoms with Gasteiger partial charge in [-0.1, -0.05) is 23.5 Å². The first-order valence-corrected chi connectivity index (χ1v) is 11.0. The molecule has 1 aliphatic heterocycles. The van der Waals surface area contributed by atoms with Crippen LogP contribution in [-0.2, 0) is 6.42 Å². The van der Waals surface area contributed by atoms with Gasteiger partial charge in [-0.15, -0.1) is 0 Å². The van der Waals surface area contributed by atoms with Gasteiger partial charge >= 0.3 is 0 Å². The summed E-state index contributed by atoms with van der Waals surface area (Å²) in [4.78, 5) is 24.5. The fraction of sp³-hybridized carbons (Fsp3) is 0.409. The number of aryl methyl sites for hydroxylation is 1. The van der Waals surface area contributed by atoms with Gasteiger partial charge in [0.1, 0.15) is 16.5 Å². The third-order valence-corrected chi connectivity index (χ3v) is 6.32. The van der Waals surface area contributed by atoms with Crippen molar-refractivity contribution in [1.29, 1.82) is 0 Å². The van der Waals surface area contributed by atoms with E-state index in [1.54, 1.807) is 12.3 Å². The van der Waals surface area contributed by atoms with Gasteiger partial charge in [-0.25, -0.2) is 14.4 Å². The van der Waals surface area contributed by atoms with Crippen LogP contribution in [0.5, 0.6) is 0 Å². The van der Waals surface area contributed by atoms with Gasteiger partial charge in [-0.05, 0) is 44.4 Å². The maximum Gasteiger partial charge on any atom is 0.265 e. The molecule has 1 atom stereocenters. The minimum absolute atomic E-state index is 0.0189. The zero-order chi connectivity index (χ0) is 21.1. The molecule has 1 aliphatic rings. The molecule has 4 rings (SSSR count). The number of rotatable bonds is 6. The van der Waals surface area contributed by atoms with Gasteiger partial charge < -0.3 is 14.6 Å². The minimum Gasteiger partial charge on any atom is -0.445 e. The Morgan fingerprint density at radius 1 is 1.43 bits per heavy atom. The van der Waals surface area contributed by atoms with E-state index in [1.807, 2.05) is 24.8 Å². The molecule has 30 heavy (non-hydrogen) atoms. The average Bonchev–Trinajstić information content (AvgIpc) is 3.34. The molecular weight excluding hydrogens is 403 g/mol. The molecular formula is C22H25FN4O2S. The number of benzene rings is 1. The van der Waals surface area contributed by atoms with E-state index < -0.39 is 0 Å². The van der Waals surface area contributed by atoms with Gasteiger partial charge in [0, 0.05) is 26.1 Å². The number of oxazole rings is 1. The van der Waals surface area contributed by atoms with E-state index in [4.69, 9.17) is 4.42 Å². The molecule has 3 heterocycles. The van der Waals surface area contributed by atoms with Gasteiger partial charge in [0.05, 0.1) is 17.8 Å². The van der Waals surface area contributed by atoms with Crippen molar-refractivity contribution in [1.82, 2.24) is 14.9 Å². The average molecular weight is 429 g/mol. The lowest BCUT2D eigenvalue weighted by Crippen LogP contribution is -2.39. The Labute approximate surface area is 179 Å². The molecule has 3 aromatic rings. The smallest absolute Gasteiger partial charge is 0.265 e. The highest BCUT2D eigenvalue weighted by Crippen LogP contribution is 2.30. The summed E-state index contributed by atoms with van der Waals surface area (Å²) in [5.41, 5.74) is 1.60. The number of nitrogens with one attached hydrogen (secondary N) is 1. The molecule has 0 aliphatic carbocycles. The van der Waals surface area contributed by atoms with Crippen LogP contribution in [0.2, 0.25) is 0 Å². The Kier molecular flexibility index (Phi) is 6.13. The second-order valence-electron chi connectivity index (χ2n) is 7.53. The van der Waals surface area contributed by atoms with Crippen molar-refractivity contribution in [3.05, 3.63) is 64.1 Å². The van der Waals surface area contributed by atoms with Crippen LogP contribution in [0.25, 0.3) is 0 Å². The van der Waals surface area contributed by atoms with Crippen molar-refractivity contribution < 1.29 is 13.6 Å². The largest absolute Gasteiger partial charge is 0.445 e. The summed E-state index contributed by atoms with van der Waals surface area (Å²) >= 11 is 1.41. The van der Waals surface area contributed by atoms with Gasteiger partial charge in [-0.3, -0.25) is 4.79 Å². The summed E-state index contributed by atoms with van der Waals surface area (Å²) in [6, 6.07) is 6.48. The number of piperidine rings is 1. The maximum absolute atomic E-state index is 13.4. The zero-order valence-corrected chi connectivity index (χ0v) is 18.0. The van der Waals surface area contributed by atoms with E-state index in [0.29, 0.717) is 29.5 Å². The summed E-state index contributed by atoms with van der Waals surface area (Å²) in [5, 5.41) is 3.95. The van der Waals surface area contributed by atoms with E-state index in [9.17, 15) is 9.18 Å². The Morgan fingerprint density at radius 2 is 2.30 bits per heavy atom. The molecule has 1 aromatic carbocycles. The summed E-state index contributed by atoms with van der Waals surface area (Å²) in [7, 11) is 0. The SMILES string of the molecule is CCNc1nc(C)c(C(=O)N2CCC[C@H](c3ncc(Cc4cccc(F)c4)o3)C2)s1. The molecule has 0 bridgehead atoms. The number of likely N-dealkylation sites (tertiary alicyclic amines) is 1. The number of thiazole rings is 1. The summed E-state index contributed by atoms with van der Waals surface area (Å²) in [5.74, 6) is 1.17. The summed E-state index contributed by atoms with van der Waals surface area (Å²) in [6.45, 7) is 5.95. The molecule has 8 heteroatoms. The minimum atomic E-state index is -0.260. The van der Waals surface area contributed by atoms with Gasteiger partial charge in [0.25, 0.3) is 5.91 Å². The number of hydrogen-bond donors (Lipinski definition) is 1. The summed E-state index contributed by atoms with van der Waals surface area (Å²) in [6.07, 6.45) is 4.02. The van der Waals surface area contributed by atoms with Crippen molar-refractivity contribution >= 4 is 22.4 Å². The molecule has 0 unspecified atom stereocenters. The number of hydrogen-bond acceptors (Lipinski definition) is 6. The third kappa shape index (κ3) is 4.53. The van der Waals surface area contributed by atoms with Crippen molar-refractivity contribution in [2.75, 3.05) is 25.0 Å². The zero-order valence-electron chi connectivity index (χ0n) is 17.2. The predicted molar refractivity (Wildman–Crippen MR) is 115 cm³/mol. The first-order valence-electron chi connectivity index (χ1n) is 10.2. The first kappa shape index (κ1) is 20.5. The van der Waals surface area contributed by atoms with Crippen LogP contribution in [-0.4, -0.2) is 40.4 Å². The van der Waals surface area contributed by atoms with Gasteiger partial charge in [0.2, 0.25) is 0 Å². The van der Waals surface area contributed by atoms with Crippen molar-refractivity contribution in [2.45, 2.75) is 39.0 Å². The molecule has 0 radical (unpaired) electrons. The normalized spacial score (nSPS) is 16.6. The third-order valence-electron chi connectivity index (χ3n) is 5.22. The van der Waals surface area contributed by atoms with Crippen LogP contribution in [0.1, 0.15) is 58.3 Å². The van der Waals surface area contributed by atoms with Gasteiger partial charge in [-0.2, -0.15) is 0 Å². The second kappa shape index (κ2) is 8.95. The van der Waals surface area contributed by atoms with Crippen LogP contribution in [0.15, 0.2) is 34.9 Å². The van der Waals surface area contributed by atoms with Crippen LogP contribution in [0, 0.1) is 12.7 Å². The lowest BCUT2D eigenvalue weighted by molar-refractivity contribution is 0.0702. The molecule has 1 fully saturated rings. The molecule has 2 aromatic heterocycles. The Hall–Kier alpha value is -2.74. The molecule has 6 nitrogen and oxygen atoms in total. The van der Waals surface area contributed by atoms with Crippen molar-refractivity contribution in [3.63, 3.8) is 0 Å². The van der Waals surface area contributed by atoms with E-state index in [-0.39, 0.29) is 17.6 Å². The number of carbonyl (C=O) groups excluding carboxylic acids is 1. The number of anilines is 1. The standard InChI is InChI=1S/C22H25FN4O2S/c1-3-24-22-26-14(2)19(30-22)21(28)27-9-5-7-16(13-27)20-25-12-18(29-20)11-15-6-4-8-17(23)10-15/h4,6,8,10,12,16H,3,5,7,9,11,13H2,1-2H3,(H,24,26)/t16-/m0/s1. The number of nitrogens with zero attached hydrogens (tertiary/aromatic N) is 3. The lowest BCUT2D eigenvalue weighted by atomic mass is 9.98. The van der Waals surface area contributed by atoms with Crippen molar-refractivity contribution in [2.24, 2.45) is 0 Å². The Balaban J connectivity index is 1.44. The second-order valence-corrected chi connectivity index (χ2v) is 8.52. The lowest BCUT2D eigenvalue weighted by Gasteiger charge is -2.31. The molecule has 1 saturated heterocycles. The summed E-state index contributed by atoms with van der Waals surface area (Å²) < 4.78 is 19.4.